The third-order valence-corrected chi connectivity index (χ3v) is 2.98. The molecule has 0 bridgehead atoms. The summed E-state index contributed by atoms with van der Waals surface area (Å²) in [7, 11) is 0. The van der Waals surface area contributed by atoms with Gasteiger partial charge >= 0.3 is 5.97 Å². The second-order valence-corrected chi connectivity index (χ2v) is 4.58. The fourth-order valence-electron chi connectivity index (χ4n) is 1.99. The van der Waals surface area contributed by atoms with Crippen molar-refractivity contribution in [2.75, 3.05) is 6.61 Å². The molecule has 0 spiro atoms. The van der Waals surface area contributed by atoms with Crippen molar-refractivity contribution in [1.29, 1.82) is 0 Å². The summed E-state index contributed by atoms with van der Waals surface area (Å²) in [5.74, 6) is -0.439. The summed E-state index contributed by atoms with van der Waals surface area (Å²) in [6.07, 6.45) is 2.55. The lowest BCUT2D eigenvalue weighted by atomic mass is 9.94. The number of carbonyl (C=O) groups excluding carboxylic acids is 1. The average molecular weight is 275 g/mol. The molecule has 0 aliphatic rings. The molecule has 0 amide bonds. The van der Waals surface area contributed by atoms with Crippen LogP contribution >= 0.6 is 0 Å². The first kappa shape index (κ1) is 16.1. The third kappa shape index (κ3) is 4.31. The molecule has 0 aliphatic carbocycles. The number of rotatable bonds is 5. The number of allylic oxidation sites excluding steroid dienone is 2. The zero-order chi connectivity index (χ0) is 15.1. The number of hydrogen-bond donors (Lipinski definition) is 1. The normalized spacial score (nSPS) is 12.4. The number of hydrogen-bond acceptors (Lipinski definition) is 4. The number of benzene rings is 1. The van der Waals surface area contributed by atoms with Crippen molar-refractivity contribution >= 4 is 17.3 Å². The molecule has 0 saturated heterocycles. The Morgan fingerprint density at radius 3 is 2.65 bits per heavy atom. The predicted octanol–water partition coefficient (Wildman–Crippen LogP) is 2.87. The molecule has 1 aromatic carbocycles. The molecule has 108 valence electrons. The van der Waals surface area contributed by atoms with Gasteiger partial charge in [-0.05, 0) is 43.9 Å². The summed E-state index contributed by atoms with van der Waals surface area (Å²) in [5, 5.41) is 12.9. The lowest BCUT2D eigenvalue weighted by Crippen LogP contribution is -2.03. The van der Waals surface area contributed by atoms with E-state index in [4.69, 9.17) is 9.94 Å². The van der Waals surface area contributed by atoms with E-state index < -0.39 is 5.97 Å². The van der Waals surface area contributed by atoms with E-state index in [9.17, 15) is 4.79 Å². The lowest BCUT2D eigenvalue weighted by molar-refractivity contribution is -0.140. The Labute approximate surface area is 119 Å². The van der Waals surface area contributed by atoms with Crippen LogP contribution in [0.5, 0.6) is 0 Å². The monoisotopic (exact) mass is 275 g/mol. The fraction of sp³-hybridized carbons (Fsp3) is 0.375. The van der Waals surface area contributed by atoms with Crippen LogP contribution in [0.15, 0.2) is 29.4 Å². The number of nitrogens with zero attached hydrogens (tertiary/aromatic N) is 1. The van der Waals surface area contributed by atoms with Crippen molar-refractivity contribution < 1.29 is 14.7 Å². The van der Waals surface area contributed by atoms with Gasteiger partial charge in [-0.3, -0.25) is 0 Å². The van der Waals surface area contributed by atoms with Crippen LogP contribution in [0.25, 0.3) is 5.57 Å². The molecule has 20 heavy (non-hydrogen) atoms. The van der Waals surface area contributed by atoms with Crippen LogP contribution in [0.3, 0.4) is 0 Å². The maximum Gasteiger partial charge on any atom is 0.331 e. The van der Waals surface area contributed by atoms with Crippen molar-refractivity contribution in [3.05, 3.63) is 41.0 Å². The zero-order valence-corrected chi connectivity index (χ0v) is 12.4. The van der Waals surface area contributed by atoms with Gasteiger partial charge in [0, 0.05) is 19.1 Å². The first-order valence-corrected chi connectivity index (χ1v) is 6.59. The minimum atomic E-state index is -0.439. The van der Waals surface area contributed by atoms with Crippen LogP contribution in [0, 0.1) is 6.92 Å². The van der Waals surface area contributed by atoms with E-state index in [-0.39, 0.29) is 6.61 Å². The number of carbonyl (C=O) groups is 1. The molecule has 0 heterocycles. The summed E-state index contributed by atoms with van der Waals surface area (Å²) in [6, 6.07) is 6.05. The van der Waals surface area contributed by atoms with Crippen LogP contribution in [0.4, 0.5) is 0 Å². The standard InChI is InChI=1S/C16H21NO3/c1-5-15(12(3)17-20-13(4)19)16-10-14(8-9-18)7-6-11(16)2/h5-7,10,18H,8-9H2,1-4H3/b15-5-,17-12+. The van der Waals surface area contributed by atoms with E-state index >= 15 is 0 Å². The van der Waals surface area contributed by atoms with Gasteiger partial charge < -0.3 is 9.94 Å². The summed E-state index contributed by atoms with van der Waals surface area (Å²) < 4.78 is 0. The van der Waals surface area contributed by atoms with E-state index in [0.29, 0.717) is 12.1 Å². The molecule has 0 fully saturated rings. The molecule has 4 heteroatoms. The minimum absolute atomic E-state index is 0.119. The maximum absolute atomic E-state index is 10.8. The van der Waals surface area contributed by atoms with Crippen molar-refractivity contribution in [3.63, 3.8) is 0 Å². The summed E-state index contributed by atoms with van der Waals surface area (Å²) in [4.78, 5) is 15.5. The molecule has 0 saturated carbocycles. The fourth-order valence-corrected chi connectivity index (χ4v) is 1.99. The smallest absolute Gasteiger partial charge is 0.331 e. The van der Waals surface area contributed by atoms with Gasteiger partial charge in [0.05, 0.1) is 5.71 Å². The minimum Gasteiger partial charge on any atom is -0.396 e. The van der Waals surface area contributed by atoms with E-state index in [1.807, 2.05) is 38.1 Å². The molecule has 0 aromatic heterocycles. The SMILES string of the molecule is C/C=C(/C(C)=N/OC(C)=O)c1cc(CCO)ccc1C. The quantitative estimate of drug-likeness (QED) is 0.510. The lowest BCUT2D eigenvalue weighted by Gasteiger charge is -2.12. The van der Waals surface area contributed by atoms with E-state index in [2.05, 4.69) is 5.16 Å². The molecule has 1 aromatic rings. The van der Waals surface area contributed by atoms with Crippen LogP contribution in [-0.4, -0.2) is 23.4 Å². The Hall–Kier alpha value is -1.94. The molecular formula is C16H21NO3. The molecule has 0 aliphatic heterocycles. The van der Waals surface area contributed by atoms with Crippen LogP contribution in [-0.2, 0) is 16.1 Å². The number of oxime groups is 1. The Bertz CT molecular complexity index is 545. The summed E-state index contributed by atoms with van der Waals surface area (Å²) in [5.41, 5.74) is 4.77. The van der Waals surface area contributed by atoms with Gasteiger partial charge in [0.1, 0.15) is 0 Å². The Kier molecular flexibility index (Phi) is 6.12. The molecule has 1 N–H and O–H groups in total. The highest BCUT2D eigenvalue weighted by Crippen LogP contribution is 2.22. The van der Waals surface area contributed by atoms with Crippen molar-refractivity contribution in [2.45, 2.75) is 34.1 Å². The van der Waals surface area contributed by atoms with E-state index in [1.54, 1.807) is 6.92 Å². The van der Waals surface area contributed by atoms with Gasteiger partial charge in [-0.25, -0.2) is 4.79 Å². The Morgan fingerprint density at radius 2 is 2.10 bits per heavy atom. The number of aryl methyl sites for hydroxylation is 1. The highest BCUT2D eigenvalue weighted by Gasteiger charge is 2.10. The van der Waals surface area contributed by atoms with Crippen LogP contribution < -0.4 is 0 Å². The first-order chi connectivity index (χ1) is 9.49. The van der Waals surface area contributed by atoms with Gasteiger partial charge in [0.15, 0.2) is 0 Å². The third-order valence-electron chi connectivity index (χ3n) is 2.98. The van der Waals surface area contributed by atoms with Gasteiger partial charge in [0.25, 0.3) is 0 Å². The van der Waals surface area contributed by atoms with Gasteiger partial charge in [-0.2, -0.15) is 0 Å². The predicted molar refractivity (Wildman–Crippen MR) is 80.5 cm³/mol. The van der Waals surface area contributed by atoms with E-state index in [0.717, 1.165) is 22.3 Å². The largest absolute Gasteiger partial charge is 0.396 e. The Balaban J connectivity index is 3.15. The van der Waals surface area contributed by atoms with Gasteiger partial charge in [-0.1, -0.05) is 29.4 Å². The van der Waals surface area contributed by atoms with Gasteiger partial charge in [-0.15, -0.1) is 0 Å². The molecule has 0 atom stereocenters. The maximum atomic E-state index is 10.8. The molecular weight excluding hydrogens is 254 g/mol. The summed E-state index contributed by atoms with van der Waals surface area (Å²) >= 11 is 0. The molecule has 0 unspecified atom stereocenters. The molecule has 4 nitrogen and oxygen atoms in total. The molecule has 0 radical (unpaired) electrons. The highest BCUT2D eigenvalue weighted by atomic mass is 16.7. The molecule has 1 rings (SSSR count). The van der Waals surface area contributed by atoms with Crippen molar-refractivity contribution in [1.82, 2.24) is 0 Å². The first-order valence-electron chi connectivity index (χ1n) is 6.59. The highest BCUT2D eigenvalue weighted by molar-refractivity contribution is 6.22. The number of aliphatic hydroxyl groups excluding tert-OH is 1. The average Bonchev–Trinajstić information content (AvgIpc) is 2.41. The second kappa shape index (κ2) is 7.60. The second-order valence-electron chi connectivity index (χ2n) is 4.58. The van der Waals surface area contributed by atoms with E-state index in [1.165, 1.54) is 6.92 Å². The van der Waals surface area contributed by atoms with Gasteiger partial charge in [0.2, 0.25) is 0 Å². The summed E-state index contributed by atoms with van der Waals surface area (Å²) in [6.45, 7) is 7.17. The van der Waals surface area contributed by atoms with Crippen LogP contribution in [0.2, 0.25) is 0 Å². The van der Waals surface area contributed by atoms with Crippen LogP contribution in [0.1, 0.15) is 37.5 Å². The van der Waals surface area contributed by atoms with Crippen molar-refractivity contribution in [3.8, 4) is 0 Å². The van der Waals surface area contributed by atoms with Crippen molar-refractivity contribution in [2.24, 2.45) is 5.16 Å². The number of aliphatic hydroxyl groups is 1. The Morgan fingerprint density at radius 1 is 1.40 bits per heavy atom. The zero-order valence-electron chi connectivity index (χ0n) is 12.4. The topological polar surface area (TPSA) is 58.9 Å².